The smallest absolute Gasteiger partial charge is 0.210 e. The summed E-state index contributed by atoms with van der Waals surface area (Å²) in [6.07, 6.45) is 1.64. The van der Waals surface area contributed by atoms with E-state index >= 15 is 0 Å². The maximum atomic E-state index is 13.1. The van der Waals surface area contributed by atoms with Crippen molar-refractivity contribution in [2.24, 2.45) is 0 Å². The third-order valence-corrected chi connectivity index (χ3v) is 2.54. The molecular formula is C12H13F2NO2. The third-order valence-electron chi connectivity index (χ3n) is 2.54. The van der Waals surface area contributed by atoms with Crippen LogP contribution < -0.4 is 0 Å². The average Bonchev–Trinajstić information content (AvgIpc) is 2.33. The molecule has 0 radical (unpaired) electrons. The Morgan fingerprint density at radius 2 is 2.00 bits per heavy atom. The first-order valence-corrected chi connectivity index (χ1v) is 5.23. The van der Waals surface area contributed by atoms with Crippen LogP contribution in [0, 0.1) is 11.6 Å². The lowest BCUT2D eigenvalue weighted by atomic mass is 10.0. The summed E-state index contributed by atoms with van der Waals surface area (Å²) < 4.78 is 25.9. The molecule has 1 atom stereocenters. The predicted molar refractivity (Wildman–Crippen MR) is 58.2 cm³/mol. The predicted octanol–water partition coefficient (Wildman–Crippen LogP) is 2.07. The fourth-order valence-corrected chi connectivity index (χ4v) is 1.71. The second-order valence-corrected chi connectivity index (χ2v) is 3.57. The highest BCUT2D eigenvalue weighted by Gasteiger charge is 2.18. The Bertz CT molecular complexity index is 409. The minimum absolute atomic E-state index is 0.0685. The highest BCUT2D eigenvalue weighted by Crippen LogP contribution is 2.24. The standard InChI is InChI=1S/C12H13F2NO2/c1-2-12(15(8-17)5-6-16)9-3-4-10(13)11(14)7-9/h3-4,6-8,12H,2,5H2,1H3. The Kier molecular flexibility index (Phi) is 4.75. The first-order chi connectivity index (χ1) is 8.13. The van der Waals surface area contributed by atoms with E-state index in [0.29, 0.717) is 24.7 Å². The van der Waals surface area contributed by atoms with Gasteiger partial charge in [0.15, 0.2) is 11.6 Å². The average molecular weight is 241 g/mol. The molecule has 0 aliphatic heterocycles. The molecule has 5 heteroatoms. The number of rotatable bonds is 6. The normalized spacial score (nSPS) is 11.9. The molecule has 1 aromatic rings. The minimum Gasteiger partial charge on any atom is -0.331 e. The zero-order valence-corrected chi connectivity index (χ0v) is 9.40. The summed E-state index contributed by atoms with van der Waals surface area (Å²) in [5.74, 6) is -1.89. The number of hydrogen-bond acceptors (Lipinski definition) is 2. The molecule has 0 aliphatic rings. The van der Waals surface area contributed by atoms with Crippen LogP contribution in [0.15, 0.2) is 18.2 Å². The topological polar surface area (TPSA) is 37.4 Å². The highest BCUT2D eigenvalue weighted by molar-refractivity contribution is 5.60. The molecule has 0 saturated carbocycles. The van der Waals surface area contributed by atoms with Gasteiger partial charge in [0.25, 0.3) is 0 Å². The number of amides is 1. The number of hydrogen-bond donors (Lipinski definition) is 0. The van der Waals surface area contributed by atoms with E-state index < -0.39 is 17.7 Å². The maximum absolute atomic E-state index is 13.1. The molecule has 0 bridgehead atoms. The second-order valence-electron chi connectivity index (χ2n) is 3.57. The van der Waals surface area contributed by atoms with Crippen LogP contribution in [-0.2, 0) is 9.59 Å². The Labute approximate surface area is 98.0 Å². The fraction of sp³-hybridized carbons (Fsp3) is 0.333. The summed E-state index contributed by atoms with van der Waals surface area (Å²) in [4.78, 5) is 22.5. The van der Waals surface area contributed by atoms with Gasteiger partial charge < -0.3 is 9.69 Å². The number of benzene rings is 1. The first kappa shape index (κ1) is 13.3. The molecule has 1 aromatic carbocycles. The molecule has 0 spiro atoms. The van der Waals surface area contributed by atoms with Gasteiger partial charge in [-0.1, -0.05) is 13.0 Å². The molecule has 1 amide bonds. The maximum Gasteiger partial charge on any atom is 0.210 e. The van der Waals surface area contributed by atoms with E-state index in [4.69, 9.17) is 0 Å². The van der Waals surface area contributed by atoms with E-state index in [-0.39, 0.29) is 6.54 Å². The lowest BCUT2D eigenvalue weighted by Crippen LogP contribution is -2.29. The van der Waals surface area contributed by atoms with E-state index in [9.17, 15) is 18.4 Å². The van der Waals surface area contributed by atoms with Crippen molar-refractivity contribution in [3.8, 4) is 0 Å². The van der Waals surface area contributed by atoms with Gasteiger partial charge in [0.05, 0.1) is 12.6 Å². The van der Waals surface area contributed by atoms with Gasteiger partial charge >= 0.3 is 0 Å². The molecule has 3 nitrogen and oxygen atoms in total. The van der Waals surface area contributed by atoms with Crippen LogP contribution in [-0.4, -0.2) is 24.1 Å². The van der Waals surface area contributed by atoms with Crippen LogP contribution in [0.1, 0.15) is 24.9 Å². The van der Waals surface area contributed by atoms with Crippen molar-refractivity contribution in [2.45, 2.75) is 19.4 Å². The largest absolute Gasteiger partial charge is 0.331 e. The Morgan fingerprint density at radius 3 is 2.47 bits per heavy atom. The molecule has 92 valence electrons. The van der Waals surface area contributed by atoms with E-state index in [0.717, 1.165) is 12.1 Å². The van der Waals surface area contributed by atoms with Crippen molar-refractivity contribution >= 4 is 12.7 Å². The lowest BCUT2D eigenvalue weighted by molar-refractivity contribution is -0.124. The molecule has 0 fully saturated rings. The van der Waals surface area contributed by atoms with Gasteiger partial charge in [0.2, 0.25) is 6.41 Å². The summed E-state index contributed by atoms with van der Waals surface area (Å²) in [5.41, 5.74) is 0.473. The van der Waals surface area contributed by atoms with Crippen LogP contribution in [0.4, 0.5) is 8.78 Å². The summed E-state index contributed by atoms with van der Waals surface area (Å²) in [6.45, 7) is 1.73. The van der Waals surface area contributed by atoms with E-state index in [1.165, 1.54) is 11.0 Å². The van der Waals surface area contributed by atoms with E-state index in [1.807, 2.05) is 0 Å². The number of halogens is 2. The van der Waals surface area contributed by atoms with Gasteiger partial charge in [0.1, 0.15) is 6.29 Å². The number of carbonyl (C=O) groups is 2. The zero-order valence-electron chi connectivity index (χ0n) is 9.40. The number of aldehydes is 1. The Balaban J connectivity index is 3.02. The fourth-order valence-electron chi connectivity index (χ4n) is 1.71. The van der Waals surface area contributed by atoms with E-state index in [1.54, 1.807) is 6.92 Å². The van der Waals surface area contributed by atoms with Crippen molar-refractivity contribution in [1.29, 1.82) is 0 Å². The quantitative estimate of drug-likeness (QED) is 0.715. The molecule has 0 aromatic heterocycles. The van der Waals surface area contributed by atoms with Gasteiger partial charge in [0, 0.05) is 0 Å². The Morgan fingerprint density at radius 1 is 1.29 bits per heavy atom. The van der Waals surface area contributed by atoms with Crippen molar-refractivity contribution in [3.63, 3.8) is 0 Å². The second kappa shape index (κ2) is 6.08. The van der Waals surface area contributed by atoms with Crippen LogP contribution in [0.5, 0.6) is 0 Å². The summed E-state index contributed by atoms with van der Waals surface area (Å²) in [7, 11) is 0. The van der Waals surface area contributed by atoms with Crippen molar-refractivity contribution in [3.05, 3.63) is 35.4 Å². The molecule has 0 N–H and O–H groups in total. The SMILES string of the molecule is CCC(c1ccc(F)c(F)c1)N(C=O)CC=O. The zero-order chi connectivity index (χ0) is 12.8. The molecule has 0 saturated heterocycles. The number of carbonyl (C=O) groups excluding carboxylic acids is 2. The lowest BCUT2D eigenvalue weighted by Gasteiger charge is -2.26. The van der Waals surface area contributed by atoms with Crippen LogP contribution in [0.2, 0.25) is 0 Å². The van der Waals surface area contributed by atoms with E-state index in [2.05, 4.69) is 0 Å². The summed E-state index contributed by atoms with van der Waals surface area (Å²) in [5, 5.41) is 0. The summed E-state index contributed by atoms with van der Waals surface area (Å²) in [6, 6.07) is 3.04. The van der Waals surface area contributed by atoms with Gasteiger partial charge in [-0.25, -0.2) is 8.78 Å². The van der Waals surface area contributed by atoms with Crippen LogP contribution in [0.3, 0.4) is 0 Å². The summed E-state index contributed by atoms with van der Waals surface area (Å²) >= 11 is 0. The molecule has 1 unspecified atom stereocenters. The minimum atomic E-state index is -0.960. The molecule has 1 rings (SSSR count). The van der Waals surface area contributed by atoms with Crippen molar-refractivity contribution in [2.75, 3.05) is 6.54 Å². The van der Waals surface area contributed by atoms with Crippen molar-refractivity contribution < 1.29 is 18.4 Å². The van der Waals surface area contributed by atoms with Crippen LogP contribution in [0.25, 0.3) is 0 Å². The Hall–Kier alpha value is -1.78. The van der Waals surface area contributed by atoms with Gasteiger partial charge in [-0.05, 0) is 24.1 Å². The third kappa shape index (κ3) is 3.09. The molecule has 0 aliphatic carbocycles. The monoisotopic (exact) mass is 241 g/mol. The highest BCUT2D eigenvalue weighted by atomic mass is 19.2. The molecule has 0 heterocycles. The van der Waals surface area contributed by atoms with Gasteiger partial charge in [-0.3, -0.25) is 4.79 Å². The van der Waals surface area contributed by atoms with Crippen molar-refractivity contribution in [1.82, 2.24) is 4.90 Å². The first-order valence-electron chi connectivity index (χ1n) is 5.23. The van der Waals surface area contributed by atoms with Gasteiger partial charge in [-0.15, -0.1) is 0 Å². The number of nitrogens with zero attached hydrogens (tertiary/aromatic N) is 1. The van der Waals surface area contributed by atoms with Gasteiger partial charge in [-0.2, -0.15) is 0 Å². The molecule has 17 heavy (non-hydrogen) atoms. The van der Waals surface area contributed by atoms with Crippen LogP contribution >= 0.6 is 0 Å². The molecular weight excluding hydrogens is 228 g/mol.